The van der Waals surface area contributed by atoms with Gasteiger partial charge in [-0.3, -0.25) is 10.1 Å². The third-order valence-electron chi connectivity index (χ3n) is 2.68. The van der Waals surface area contributed by atoms with Crippen LogP contribution in [0.4, 0.5) is 5.69 Å². The van der Waals surface area contributed by atoms with Gasteiger partial charge in [0, 0.05) is 23.8 Å². The molecular formula is C14H12ClNO4. The molecule has 0 unspecified atom stereocenters. The summed E-state index contributed by atoms with van der Waals surface area (Å²) in [6.07, 6.45) is 0. The monoisotopic (exact) mass is 293 g/mol. The van der Waals surface area contributed by atoms with E-state index in [0.29, 0.717) is 11.3 Å². The first-order valence-electron chi connectivity index (χ1n) is 5.82. The van der Waals surface area contributed by atoms with Gasteiger partial charge in [-0.1, -0.05) is 11.6 Å². The highest BCUT2D eigenvalue weighted by Crippen LogP contribution is 2.26. The van der Waals surface area contributed by atoms with Crippen molar-refractivity contribution in [2.24, 2.45) is 0 Å². The molecule has 5 nitrogen and oxygen atoms in total. The number of aromatic hydroxyl groups is 1. The number of hydrogen-bond acceptors (Lipinski definition) is 4. The highest BCUT2D eigenvalue weighted by molar-refractivity contribution is 6.31. The first kappa shape index (κ1) is 14.1. The third kappa shape index (κ3) is 3.39. The van der Waals surface area contributed by atoms with Crippen LogP contribution in [0.5, 0.6) is 11.5 Å². The largest absolute Gasteiger partial charge is 0.508 e. The second-order valence-electron chi connectivity index (χ2n) is 4.33. The second-order valence-corrected chi connectivity index (χ2v) is 4.73. The van der Waals surface area contributed by atoms with Crippen molar-refractivity contribution in [3.63, 3.8) is 0 Å². The molecule has 0 saturated heterocycles. The van der Waals surface area contributed by atoms with Crippen molar-refractivity contribution in [3.05, 3.63) is 62.7 Å². The number of nitro benzene ring substituents is 1. The molecule has 0 amide bonds. The van der Waals surface area contributed by atoms with Crippen LogP contribution in [0, 0.1) is 17.0 Å². The van der Waals surface area contributed by atoms with Crippen molar-refractivity contribution >= 4 is 17.3 Å². The van der Waals surface area contributed by atoms with E-state index < -0.39 is 4.92 Å². The number of nitro groups is 1. The Hall–Kier alpha value is -2.27. The first-order valence-corrected chi connectivity index (χ1v) is 6.20. The predicted octanol–water partition coefficient (Wildman–Crippen LogP) is 3.84. The molecule has 0 atom stereocenters. The minimum absolute atomic E-state index is 0.0630. The van der Waals surface area contributed by atoms with Gasteiger partial charge in [0.25, 0.3) is 5.69 Å². The van der Waals surface area contributed by atoms with Gasteiger partial charge in [-0.15, -0.1) is 0 Å². The van der Waals surface area contributed by atoms with Gasteiger partial charge in [-0.2, -0.15) is 0 Å². The molecule has 0 spiro atoms. The van der Waals surface area contributed by atoms with E-state index in [0.717, 1.165) is 5.56 Å². The average Bonchev–Trinajstić information content (AvgIpc) is 2.36. The van der Waals surface area contributed by atoms with Gasteiger partial charge in [0.15, 0.2) is 0 Å². The SMILES string of the molecule is Cc1cc(O)cc(OCc2ccc([N+](=O)[O-])cc2Cl)c1. The summed E-state index contributed by atoms with van der Waals surface area (Å²) in [5, 5.41) is 20.3. The topological polar surface area (TPSA) is 72.6 Å². The van der Waals surface area contributed by atoms with Crippen molar-refractivity contribution < 1.29 is 14.8 Å². The minimum atomic E-state index is -0.505. The van der Waals surface area contributed by atoms with Crippen molar-refractivity contribution in [1.29, 1.82) is 0 Å². The van der Waals surface area contributed by atoms with Crippen LogP contribution in [0.3, 0.4) is 0 Å². The summed E-state index contributed by atoms with van der Waals surface area (Å²) in [4.78, 5) is 10.1. The predicted molar refractivity (Wildman–Crippen MR) is 75.3 cm³/mol. The standard InChI is InChI=1S/C14H12ClNO4/c1-9-4-12(17)7-13(5-9)20-8-10-2-3-11(16(18)19)6-14(10)15/h2-7,17H,8H2,1H3. The van der Waals surface area contributed by atoms with Crippen LogP contribution in [-0.4, -0.2) is 10.0 Å². The molecule has 2 rings (SSSR count). The maximum Gasteiger partial charge on any atom is 0.270 e. The molecule has 0 saturated carbocycles. The van der Waals surface area contributed by atoms with Crippen molar-refractivity contribution in [2.75, 3.05) is 0 Å². The van der Waals surface area contributed by atoms with Gasteiger partial charge in [0.2, 0.25) is 0 Å². The lowest BCUT2D eigenvalue weighted by atomic mass is 10.2. The molecule has 0 aliphatic heterocycles. The summed E-state index contributed by atoms with van der Waals surface area (Å²) in [5.74, 6) is 0.631. The van der Waals surface area contributed by atoms with Gasteiger partial charge in [-0.05, 0) is 30.7 Å². The molecule has 0 aliphatic carbocycles. The summed E-state index contributed by atoms with van der Waals surface area (Å²) in [5.41, 5.74) is 1.44. The van der Waals surface area contributed by atoms with Crippen LogP contribution >= 0.6 is 11.6 Å². The average molecular weight is 294 g/mol. The Labute approximate surface area is 120 Å². The number of halogens is 1. The molecule has 6 heteroatoms. The highest BCUT2D eigenvalue weighted by atomic mass is 35.5. The zero-order valence-corrected chi connectivity index (χ0v) is 11.4. The van der Waals surface area contributed by atoms with Gasteiger partial charge >= 0.3 is 0 Å². The van der Waals surface area contributed by atoms with Gasteiger partial charge in [0.1, 0.15) is 18.1 Å². The van der Waals surface area contributed by atoms with Crippen molar-refractivity contribution in [2.45, 2.75) is 13.5 Å². The molecule has 0 aliphatic rings. The van der Waals surface area contributed by atoms with Crippen LogP contribution in [0.15, 0.2) is 36.4 Å². The number of phenols is 1. The first-order chi connectivity index (χ1) is 9.45. The van der Waals surface area contributed by atoms with Crippen LogP contribution in [-0.2, 0) is 6.61 Å². The van der Waals surface area contributed by atoms with Gasteiger partial charge in [-0.25, -0.2) is 0 Å². The number of phenolic OH excluding ortho intramolecular Hbond substituents is 1. The van der Waals surface area contributed by atoms with E-state index in [9.17, 15) is 15.2 Å². The quantitative estimate of drug-likeness (QED) is 0.686. The Morgan fingerprint density at radius 2 is 2.05 bits per heavy atom. The molecule has 104 valence electrons. The summed E-state index contributed by atoms with van der Waals surface area (Å²) < 4.78 is 5.52. The smallest absolute Gasteiger partial charge is 0.270 e. The minimum Gasteiger partial charge on any atom is -0.508 e. The Kier molecular flexibility index (Phi) is 4.10. The second kappa shape index (κ2) is 5.79. The molecule has 0 bridgehead atoms. The Morgan fingerprint density at radius 3 is 2.65 bits per heavy atom. The lowest BCUT2D eigenvalue weighted by Crippen LogP contribution is -1.97. The van der Waals surface area contributed by atoms with Gasteiger partial charge < -0.3 is 9.84 Å². The third-order valence-corrected chi connectivity index (χ3v) is 3.03. The molecule has 2 aromatic rings. The number of nitrogens with zero attached hydrogens (tertiary/aromatic N) is 1. The summed E-state index contributed by atoms with van der Waals surface area (Å²) in [6, 6.07) is 9.10. The fraction of sp³-hybridized carbons (Fsp3) is 0.143. The van der Waals surface area contributed by atoms with E-state index in [2.05, 4.69) is 0 Å². The molecule has 0 heterocycles. The number of rotatable bonds is 4. The molecule has 20 heavy (non-hydrogen) atoms. The van der Waals surface area contributed by atoms with Gasteiger partial charge in [0.05, 0.1) is 9.95 Å². The number of ether oxygens (including phenoxy) is 1. The Balaban J connectivity index is 2.12. The summed E-state index contributed by atoms with van der Waals surface area (Å²) in [6.45, 7) is 2.01. The maximum atomic E-state index is 10.6. The zero-order chi connectivity index (χ0) is 14.7. The van der Waals surface area contributed by atoms with E-state index in [1.807, 2.05) is 6.92 Å². The molecule has 0 fully saturated rings. The number of non-ortho nitro benzene ring substituents is 1. The van der Waals surface area contributed by atoms with Crippen LogP contribution in [0.2, 0.25) is 5.02 Å². The maximum absolute atomic E-state index is 10.6. The van der Waals surface area contributed by atoms with E-state index in [-0.39, 0.29) is 23.1 Å². The Morgan fingerprint density at radius 1 is 1.30 bits per heavy atom. The fourth-order valence-corrected chi connectivity index (χ4v) is 1.97. The Bertz CT molecular complexity index is 637. The highest BCUT2D eigenvalue weighted by Gasteiger charge is 2.10. The van der Waals surface area contributed by atoms with E-state index in [1.165, 1.54) is 18.2 Å². The van der Waals surface area contributed by atoms with E-state index >= 15 is 0 Å². The van der Waals surface area contributed by atoms with Crippen LogP contribution in [0.1, 0.15) is 11.1 Å². The van der Waals surface area contributed by atoms with Crippen molar-refractivity contribution in [3.8, 4) is 11.5 Å². The van der Waals surface area contributed by atoms with Crippen LogP contribution in [0.25, 0.3) is 0 Å². The lowest BCUT2D eigenvalue weighted by molar-refractivity contribution is -0.384. The number of benzene rings is 2. The molecule has 0 aromatic heterocycles. The summed E-state index contributed by atoms with van der Waals surface area (Å²) in [7, 11) is 0. The van der Waals surface area contributed by atoms with Crippen molar-refractivity contribution in [1.82, 2.24) is 0 Å². The normalized spacial score (nSPS) is 10.3. The lowest BCUT2D eigenvalue weighted by Gasteiger charge is -2.09. The fourth-order valence-electron chi connectivity index (χ4n) is 1.74. The van der Waals surface area contributed by atoms with Crippen LogP contribution < -0.4 is 4.74 Å². The van der Waals surface area contributed by atoms with E-state index in [1.54, 1.807) is 18.2 Å². The molecule has 2 aromatic carbocycles. The zero-order valence-electron chi connectivity index (χ0n) is 10.7. The molecular weight excluding hydrogens is 282 g/mol. The molecule has 1 N–H and O–H groups in total. The number of aryl methyl sites for hydroxylation is 1. The van der Waals surface area contributed by atoms with E-state index in [4.69, 9.17) is 16.3 Å². The number of hydrogen-bond donors (Lipinski definition) is 1. The molecule has 0 radical (unpaired) electrons. The summed E-state index contributed by atoms with van der Waals surface area (Å²) >= 11 is 5.97.